The van der Waals surface area contributed by atoms with E-state index in [1.165, 1.54) is 32.4 Å². The molecule has 0 spiro atoms. The average molecular weight is 238 g/mol. The van der Waals surface area contributed by atoms with Crippen LogP contribution in [0.15, 0.2) is 4.99 Å². The Hall–Kier alpha value is -0.770. The van der Waals surface area contributed by atoms with Crippen molar-refractivity contribution in [3.63, 3.8) is 0 Å². The highest BCUT2D eigenvalue weighted by Gasteiger charge is 2.28. The maximum atomic E-state index is 4.44. The van der Waals surface area contributed by atoms with Crippen molar-refractivity contribution in [3.05, 3.63) is 0 Å². The van der Waals surface area contributed by atoms with Gasteiger partial charge in [-0.05, 0) is 46.7 Å². The van der Waals surface area contributed by atoms with Crippen LogP contribution in [0.3, 0.4) is 0 Å². The molecule has 0 aromatic heterocycles. The van der Waals surface area contributed by atoms with Gasteiger partial charge in [-0.2, -0.15) is 0 Å². The molecule has 1 atom stereocenters. The molecule has 0 amide bonds. The molecule has 17 heavy (non-hydrogen) atoms. The van der Waals surface area contributed by atoms with Crippen LogP contribution in [-0.2, 0) is 0 Å². The van der Waals surface area contributed by atoms with Gasteiger partial charge in [0.05, 0.1) is 6.54 Å². The Morgan fingerprint density at radius 1 is 1.35 bits per heavy atom. The molecule has 2 N–H and O–H groups in total. The molecular formula is C13H26N4. The van der Waals surface area contributed by atoms with Gasteiger partial charge in [0.25, 0.3) is 0 Å². The Labute approximate surface area is 105 Å². The number of rotatable bonds is 3. The lowest BCUT2D eigenvalue weighted by Gasteiger charge is -2.41. The van der Waals surface area contributed by atoms with Gasteiger partial charge in [-0.1, -0.05) is 6.42 Å². The van der Waals surface area contributed by atoms with Gasteiger partial charge < -0.3 is 10.6 Å². The minimum absolute atomic E-state index is 0.219. The first-order valence-electron chi connectivity index (χ1n) is 6.88. The van der Waals surface area contributed by atoms with Crippen molar-refractivity contribution in [1.29, 1.82) is 0 Å². The number of guanidine groups is 1. The Morgan fingerprint density at radius 2 is 2.06 bits per heavy atom. The highest BCUT2D eigenvalue weighted by Crippen LogP contribution is 2.19. The first kappa shape index (κ1) is 12.7. The van der Waals surface area contributed by atoms with Gasteiger partial charge in [0.15, 0.2) is 5.96 Å². The highest BCUT2D eigenvalue weighted by molar-refractivity contribution is 5.81. The molecule has 0 saturated carbocycles. The molecule has 0 bridgehead atoms. The number of hydrogen-bond donors (Lipinski definition) is 2. The SMILES string of the molecule is CC1CN=C(NCC(C)(C)N2CCCCC2)N1. The minimum Gasteiger partial charge on any atom is -0.355 e. The Bertz CT molecular complexity index is 279. The Morgan fingerprint density at radius 3 is 2.65 bits per heavy atom. The monoisotopic (exact) mass is 238 g/mol. The predicted molar refractivity (Wildman–Crippen MR) is 72.4 cm³/mol. The van der Waals surface area contributed by atoms with E-state index in [4.69, 9.17) is 0 Å². The number of nitrogens with zero attached hydrogens (tertiary/aromatic N) is 2. The zero-order chi connectivity index (χ0) is 12.3. The molecule has 1 saturated heterocycles. The summed E-state index contributed by atoms with van der Waals surface area (Å²) in [5.74, 6) is 0.975. The minimum atomic E-state index is 0.219. The normalized spacial score (nSPS) is 26.5. The topological polar surface area (TPSA) is 39.7 Å². The van der Waals surface area contributed by atoms with Gasteiger partial charge in [-0.15, -0.1) is 0 Å². The molecule has 2 aliphatic heterocycles. The molecule has 98 valence electrons. The lowest BCUT2D eigenvalue weighted by atomic mass is 9.98. The summed E-state index contributed by atoms with van der Waals surface area (Å²) in [6, 6.07) is 0.482. The van der Waals surface area contributed by atoms with E-state index < -0.39 is 0 Å². The molecule has 2 aliphatic rings. The van der Waals surface area contributed by atoms with Gasteiger partial charge in [0.2, 0.25) is 0 Å². The van der Waals surface area contributed by atoms with E-state index in [-0.39, 0.29) is 5.54 Å². The summed E-state index contributed by atoms with van der Waals surface area (Å²) in [6.45, 7) is 11.1. The van der Waals surface area contributed by atoms with Gasteiger partial charge in [0.1, 0.15) is 0 Å². The fourth-order valence-electron chi connectivity index (χ4n) is 2.57. The fourth-order valence-corrected chi connectivity index (χ4v) is 2.57. The number of nitrogens with one attached hydrogen (secondary N) is 2. The van der Waals surface area contributed by atoms with Crippen molar-refractivity contribution >= 4 is 5.96 Å². The maximum Gasteiger partial charge on any atom is 0.191 e. The summed E-state index contributed by atoms with van der Waals surface area (Å²) in [6.07, 6.45) is 4.09. The average Bonchev–Trinajstić information content (AvgIpc) is 2.74. The van der Waals surface area contributed by atoms with E-state index in [0.29, 0.717) is 6.04 Å². The fraction of sp³-hybridized carbons (Fsp3) is 0.923. The summed E-state index contributed by atoms with van der Waals surface area (Å²) in [5.41, 5.74) is 0.219. The largest absolute Gasteiger partial charge is 0.355 e. The van der Waals surface area contributed by atoms with E-state index in [0.717, 1.165) is 19.0 Å². The smallest absolute Gasteiger partial charge is 0.191 e. The van der Waals surface area contributed by atoms with Crippen molar-refractivity contribution in [2.45, 2.75) is 51.6 Å². The standard InChI is InChI=1S/C13H26N4/c1-11-9-14-12(16-11)15-10-13(2,3)17-7-5-4-6-8-17/h11H,4-10H2,1-3H3,(H2,14,15,16). The summed E-state index contributed by atoms with van der Waals surface area (Å²) in [7, 11) is 0. The third kappa shape index (κ3) is 3.35. The van der Waals surface area contributed by atoms with Crippen molar-refractivity contribution in [1.82, 2.24) is 15.5 Å². The lowest BCUT2D eigenvalue weighted by Crippen LogP contribution is -2.54. The summed E-state index contributed by atoms with van der Waals surface area (Å²) < 4.78 is 0. The van der Waals surface area contributed by atoms with Crippen LogP contribution < -0.4 is 10.6 Å². The number of likely N-dealkylation sites (tertiary alicyclic amines) is 1. The molecular weight excluding hydrogens is 212 g/mol. The van der Waals surface area contributed by atoms with E-state index in [9.17, 15) is 0 Å². The number of aliphatic imine (C=N–C) groups is 1. The molecule has 4 nitrogen and oxygen atoms in total. The number of piperidine rings is 1. The van der Waals surface area contributed by atoms with Crippen LogP contribution in [0, 0.1) is 0 Å². The van der Waals surface area contributed by atoms with Gasteiger partial charge >= 0.3 is 0 Å². The van der Waals surface area contributed by atoms with Crippen LogP contribution >= 0.6 is 0 Å². The molecule has 2 heterocycles. The molecule has 0 aliphatic carbocycles. The van der Waals surface area contributed by atoms with Gasteiger partial charge in [0, 0.05) is 18.1 Å². The molecule has 1 unspecified atom stereocenters. The molecule has 0 radical (unpaired) electrons. The van der Waals surface area contributed by atoms with Crippen LogP contribution in [0.2, 0.25) is 0 Å². The highest BCUT2D eigenvalue weighted by atomic mass is 15.3. The second-order valence-corrected chi connectivity index (χ2v) is 5.95. The Balaban J connectivity index is 1.80. The Kier molecular flexibility index (Phi) is 3.92. The number of hydrogen-bond acceptors (Lipinski definition) is 4. The zero-order valence-corrected chi connectivity index (χ0v) is 11.4. The molecule has 0 aromatic rings. The molecule has 0 aromatic carbocycles. The first-order chi connectivity index (χ1) is 8.08. The maximum absolute atomic E-state index is 4.44. The quantitative estimate of drug-likeness (QED) is 0.776. The van der Waals surface area contributed by atoms with E-state index in [1.54, 1.807) is 0 Å². The van der Waals surface area contributed by atoms with Crippen LogP contribution in [0.1, 0.15) is 40.0 Å². The van der Waals surface area contributed by atoms with Crippen molar-refractivity contribution in [2.24, 2.45) is 4.99 Å². The first-order valence-corrected chi connectivity index (χ1v) is 6.88. The third-order valence-electron chi connectivity index (χ3n) is 3.81. The van der Waals surface area contributed by atoms with Crippen LogP contribution in [0.5, 0.6) is 0 Å². The van der Waals surface area contributed by atoms with Gasteiger partial charge in [-0.25, -0.2) is 0 Å². The molecule has 2 rings (SSSR count). The van der Waals surface area contributed by atoms with Crippen LogP contribution in [0.25, 0.3) is 0 Å². The van der Waals surface area contributed by atoms with Crippen molar-refractivity contribution in [2.75, 3.05) is 26.2 Å². The summed E-state index contributed by atoms with van der Waals surface area (Å²) in [4.78, 5) is 7.04. The lowest BCUT2D eigenvalue weighted by molar-refractivity contribution is 0.0983. The zero-order valence-electron chi connectivity index (χ0n) is 11.4. The molecule has 4 heteroatoms. The summed E-state index contributed by atoms with van der Waals surface area (Å²) >= 11 is 0. The van der Waals surface area contributed by atoms with Crippen LogP contribution in [0.4, 0.5) is 0 Å². The third-order valence-corrected chi connectivity index (χ3v) is 3.81. The van der Waals surface area contributed by atoms with Crippen molar-refractivity contribution < 1.29 is 0 Å². The van der Waals surface area contributed by atoms with E-state index in [2.05, 4.69) is 41.3 Å². The van der Waals surface area contributed by atoms with E-state index >= 15 is 0 Å². The van der Waals surface area contributed by atoms with E-state index in [1.807, 2.05) is 0 Å². The molecule has 1 fully saturated rings. The van der Waals surface area contributed by atoms with Crippen LogP contribution in [-0.4, -0.2) is 48.6 Å². The second-order valence-electron chi connectivity index (χ2n) is 5.95. The summed E-state index contributed by atoms with van der Waals surface area (Å²) in [5, 5.41) is 6.80. The van der Waals surface area contributed by atoms with Crippen molar-refractivity contribution in [3.8, 4) is 0 Å². The van der Waals surface area contributed by atoms with Gasteiger partial charge in [-0.3, -0.25) is 9.89 Å². The second kappa shape index (κ2) is 5.25. The predicted octanol–water partition coefficient (Wildman–Crippen LogP) is 1.19.